The molecule has 1 aromatic heterocycles. The Labute approximate surface area is 122 Å². The number of hydrogen-bond acceptors (Lipinski definition) is 3. The fraction of sp³-hybridized carbons (Fsp3) is 0.308. The molecule has 1 heterocycles. The maximum atomic E-state index is 10.2. The highest BCUT2D eigenvalue weighted by atomic mass is 35.5. The Morgan fingerprint density at radius 1 is 1.26 bits per heavy atom. The zero-order valence-corrected chi connectivity index (χ0v) is 12.5. The molecule has 2 aromatic rings. The molecule has 0 aliphatic carbocycles. The molecule has 0 spiro atoms. The van der Waals surface area contributed by atoms with Crippen molar-refractivity contribution in [2.45, 2.75) is 13.5 Å². The lowest BCUT2D eigenvalue weighted by Crippen LogP contribution is -2.14. The molecule has 0 fully saturated rings. The molecule has 4 nitrogen and oxygen atoms in total. The van der Waals surface area contributed by atoms with E-state index in [1.165, 1.54) is 0 Å². The third kappa shape index (κ3) is 2.86. The summed E-state index contributed by atoms with van der Waals surface area (Å²) < 4.78 is 1.11. The van der Waals surface area contributed by atoms with Gasteiger partial charge in [-0.05, 0) is 39.2 Å². The zero-order valence-electron chi connectivity index (χ0n) is 11.0. The first-order chi connectivity index (χ1) is 8.90. The van der Waals surface area contributed by atoms with Crippen LogP contribution in [-0.4, -0.2) is 33.9 Å². The van der Waals surface area contributed by atoms with Gasteiger partial charge < -0.3 is 10.1 Å². The van der Waals surface area contributed by atoms with Crippen LogP contribution in [-0.2, 0) is 6.54 Å². The van der Waals surface area contributed by atoms with Crippen LogP contribution in [0, 0.1) is 6.92 Å². The van der Waals surface area contributed by atoms with E-state index < -0.39 is 0 Å². The van der Waals surface area contributed by atoms with Crippen molar-refractivity contribution in [2.24, 2.45) is 0 Å². The number of aromatic nitrogens is 2. The zero-order chi connectivity index (χ0) is 14.2. The summed E-state index contributed by atoms with van der Waals surface area (Å²) in [5.74, 6) is 0.466. The second kappa shape index (κ2) is 5.41. The van der Waals surface area contributed by atoms with Gasteiger partial charge in [0.2, 0.25) is 0 Å². The highest BCUT2D eigenvalue weighted by Gasteiger charge is 2.16. The van der Waals surface area contributed by atoms with Crippen LogP contribution in [0.25, 0.3) is 11.4 Å². The maximum absolute atomic E-state index is 10.2. The van der Waals surface area contributed by atoms with Crippen molar-refractivity contribution in [3.8, 4) is 11.4 Å². The molecule has 19 heavy (non-hydrogen) atoms. The van der Waals surface area contributed by atoms with Crippen LogP contribution in [0.3, 0.4) is 0 Å². The Morgan fingerprint density at radius 3 is 2.53 bits per heavy atom. The number of halogens is 2. The fourth-order valence-electron chi connectivity index (χ4n) is 1.85. The summed E-state index contributed by atoms with van der Waals surface area (Å²) in [5.41, 5.74) is 2.27. The molecule has 0 amide bonds. The van der Waals surface area contributed by atoms with Gasteiger partial charge in [-0.15, -0.1) is 0 Å². The molecule has 1 aromatic carbocycles. The highest BCUT2D eigenvalue weighted by molar-refractivity contribution is 6.42. The second-order valence-electron chi connectivity index (χ2n) is 4.65. The standard InChI is InChI=1S/C13H15Cl2N3O/c1-8-12(7-17(2)3)18(19)13(16-8)9-4-5-10(14)11(15)6-9/h4-6,19H,7H2,1-3H3. The van der Waals surface area contributed by atoms with E-state index in [2.05, 4.69) is 4.98 Å². The van der Waals surface area contributed by atoms with Crippen molar-refractivity contribution in [1.82, 2.24) is 14.6 Å². The summed E-state index contributed by atoms with van der Waals surface area (Å²) in [6.07, 6.45) is 0. The van der Waals surface area contributed by atoms with E-state index in [-0.39, 0.29) is 0 Å². The SMILES string of the molecule is Cc1nc(-c2ccc(Cl)c(Cl)c2)n(O)c1CN(C)C. The summed E-state index contributed by atoms with van der Waals surface area (Å²) >= 11 is 11.9. The molecule has 0 unspecified atom stereocenters. The lowest BCUT2D eigenvalue weighted by atomic mass is 10.2. The van der Waals surface area contributed by atoms with Gasteiger partial charge in [0.1, 0.15) is 0 Å². The first-order valence-electron chi connectivity index (χ1n) is 5.77. The summed E-state index contributed by atoms with van der Waals surface area (Å²) in [7, 11) is 3.87. The Morgan fingerprint density at radius 2 is 1.95 bits per heavy atom. The Kier molecular flexibility index (Phi) is 4.04. The number of hydrogen-bond donors (Lipinski definition) is 1. The molecule has 6 heteroatoms. The van der Waals surface area contributed by atoms with Crippen LogP contribution in [0.2, 0.25) is 10.0 Å². The molecular weight excluding hydrogens is 285 g/mol. The molecule has 2 rings (SSSR count). The number of aryl methyl sites for hydroxylation is 1. The van der Waals surface area contributed by atoms with Gasteiger partial charge in [-0.2, -0.15) is 4.73 Å². The lowest BCUT2D eigenvalue weighted by Gasteiger charge is -2.10. The van der Waals surface area contributed by atoms with Gasteiger partial charge in [0.05, 0.1) is 21.4 Å². The average molecular weight is 300 g/mol. The summed E-state index contributed by atoms with van der Waals surface area (Å²) in [4.78, 5) is 6.36. The fourth-order valence-corrected chi connectivity index (χ4v) is 2.15. The predicted octanol–water partition coefficient (Wildman–Crippen LogP) is 3.46. The maximum Gasteiger partial charge on any atom is 0.175 e. The third-order valence-corrected chi connectivity index (χ3v) is 3.53. The molecule has 0 saturated heterocycles. The Bertz CT molecular complexity index is 608. The smallest absolute Gasteiger partial charge is 0.175 e. The van der Waals surface area contributed by atoms with Gasteiger partial charge >= 0.3 is 0 Å². The van der Waals surface area contributed by atoms with E-state index in [0.717, 1.165) is 21.7 Å². The van der Waals surface area contributed by atoms with Crippen LogP contribution < -0.4 is 0 Å². The van der Waals surface area contributed by atoms with Gasteiger partial charge in [-0.1, -0.05) is 23.2 Å². The number of nitrogens with zero attached hydrogens (tertiary/aromatic N) is 3. The summed E-state index contributed by atoms with van der Waals surface area (Å²) in [6.45, 7) is 2.48. The van der Waals surface area contributed by atoms with Crippen LogP contribution in [0.15, 0.2) is 18.2 Å². The topological polar surface area (TPSA) is 41.3 Å². The van der Waals surface area contributed by atoms with Gasteiger partial charge in [0, 0.05) is 12.1 Å². The minimum atomic E-state index is 0.439. The minimum absolute atomic E-state index is 0.439. The van der Waals surface area contributed by atoms with Crippen LogP contribution in [0.1, 0.15) is 11.4 Å². The highest BCUT2D eigenvalue weighted by Crippen LogP contribution is 2.28. The normalized spacial score (nSPS) is 11.3. The number of rotatable bonds is 3. The largest absolute Gasteiger partial charge is 0.427 e. The molecular formula is C13H15Cl2N3O. The van der Waals surface area contributed by atoms with Crippen molar-refractivity contribution in [2.75, 3.05) is 14.1 Å². The molecule has 0 aliphatic rings. The van der Waals surface area contributed by atoms with E-state index >= 15 is 0 Å². The van der Waals surface area contributed by atoms with Crippen LogP contribution in [0.4, 0.5) is 0 Å². The molecule has 0 aliphatic heterocycles. The number of benzene rings is 1. The van der Waals surface area contributed by atoms with Gasteiger partial charge in [0.15, 0.2) is 5.82 Å². The van der Waals surface area contributed by atoms with E-state index in [1.54, 1.807) is 18.2 Å². The van der Waals surface area contributed by atoms with Crippen molar-refractivity contribution >= 4 is 23.2 Å². The molecule has 102 valence electrons. The van der Waals surface area contributed by atoms with Crippen molar-refractivity contribution in [1.29, 1.82) is 0 Å². The summed E-state index contributed by atoms with van der Waals surface area (Å²) in [6, 6.07) is 5.16. The van der Waals surface area contributed by atoms with Crippen LogP contribution >= 0.6 is 23.2 Å². The molecule has 1 N–H and O–H groups in total. The monoisotopic (exact) mass is 299 g/mol. The minimum Gasteiger partial charge on any atom is -0.427 e. The van der Waals surface area contributed by atoms with Crippen LogP contribution in [0.5, 0.6) is 0 Å². The first kappa shape index (κ1) is 14.2. The third-order valence-electron chi connectivity index (χ3n) is 2.79. The molecule has 0 saturated carbocycles. The number of imidazole rings is 1. The average Bonchev–Trinajstić information content (AvgIpc) is 2.60. The molecule has 0 radical (unpaired) electrons. The van der Waals surface area contributed by atoms with Gasteiger partial charge in [-0.3, -0.25) is 0 Å². The first-order valence-corrected chi connectivity index (χ1v) is 6.53. The second-order valence-corrected chi connectivity index (χ2v) is 5.46. The van der Waals surface area contributed by atoms with Gasteiger partial charge in [0.25, 0.3) is 0 Å². The van der Waals surface area contributed by atoms with Crippen molar-refractivity contribution < 1.29 is 5.21 Å². The van der Waals surface area contributed by atoms with E-state index in [0.29, 0.717) is 22.4 Å². The van der Waals surface area contributed by atoms with E-state index in [1.807, 2.05) is 25.9 Å². The van der Waals surface area contributed by atoms with E-state index in [4.69, 9.17) is 23.2 Å². The van der Waals surface area contributed by atoms with Crippen molar-refractivity contribution in [3.63, 3.8) is 0 Å². The van der Waals surface area contributed by atoms with Gasteiger partial charge in [-0.25, -0.2) is 4.98 Å². The molecule has 0 atom stereocenters. The Balaban J connectivity index is 2.48. The van der Waals surface area contributed by atoms with E-state index in [9.17, 15) is 5.21 Å². The predicted molar refractivity (Wildman–Crippen MR) is 77.0 cm³/mol. The lowest BCUT2D eigenvalue weighted by molar-refractivity contribution is 0.172. The Hall–Kier alpha value is -1.23. The molecule has 0 bridgehead atoms. The quantitative estimate of drug-likeness (QED) is 0.883. The summed E-state index contributed by atoms with van der Waals surface area (Å²) in [5, 5.41) is 11.1. The van der Waals surface area contributed by atoms with Crippen molar-refractivity contribution in [3.05, 3.63) is 39.6 Å².